The lowest BCUT2D eigenvalue weighted by Crippen LogP contribution is -2.16. The van der Waals surface area contributed by atoms with Crippen LogP contribution in [0.15, 0.2) is 59.1 Å². The highest BCUT2D eigenvalue weighted by Crippen LogP contribution is 2.30. The van der Waals surface area contributed by atoms with Crippen molar-refractivity contribution in [2.24, 2.45) is 0 Å². The van der Waals surface area contributed by atoms with Crippen molar-refractivity contribution < 1.29 is 4.74 Å². The van der Waals surface area contributed by atoms with Gasteiger partial charge in [0.1, 0.15) is 0 Å². The molecule has 0 radical (unpaired) electrons. The lowest BCUT2D eigenvalue weighted by Gasteiger charge is -2.14. The van der Waals surface area contributed by atoms with Crippen LogP contribution >= 0.6 is 34.7 Å². The Morgan fingerprint density at radius 3 is 2.73 bits per heavy atom. The van der Waals surface area contributed by atoms with E-state index in [0.29, 0.717) is 5.02 Å². The molecule has 1 N–H and O–H groups in total. The summed E-state index contributed by atoms with van der Waals surface area (Å²) in [6.07, 6.45) is 2.35. The summed E-state index contributed by atoms with van der Waals surface area (Å²) in [5, 5.41) is 16.9. The standard InChI is InChI=1S/C24H24ClN5OS2/c1-16-4-10-19(11-5-16)26-23-27-20(14-32-23)15-33-24-29-28-22(17-6-8-18(25)9-7-17)30(24)13-21-3-2-12-31-21/h4-11,14,21H,2-3,12-13,15H2,1H3,(H,26,27). The van der Waals surface area contributed by atoms with E-state index in [4.69, 9.17) is 21.3 Å². The van der Waals surface area contributed by atoms with Crippen molar-refractivity contribution in [3.8, 4) is 11.4 Å². The lowest BCUT2D eigenvalue weighted by atomic mass is 10.2. The van der Waals surface area contributed by atoms with E-state index in [0.717, 1.165) is 64.8 Å². The number of thiazole rings is 1. The maximum Gasteiger partial charge on any atom is 0.191 e. The number of halogens is 1. The van der Waals surface area contributed by atoms with Crippen molar-refractivity contribution in [1.82, 2.24) is 19.7 Å². The van der Waals surface area contributed by atoms with Crippen molar-refractivity contribution in [3.05, 3.63) is 70.2 Å². The zero-order chi connectivity index (χ0) is 22.6. The molecule has 5 rings (SSSR count). The molecular weight excluding hydrogens is 474 g/mol. The fourth-order valence-electron chi connectivity index (χ4n) is 3.69. The van der Waals surface area contributed by atoms with Gasteiger partial charge in [0.2, 0.25) is 0 Å². The molecule has 2 aromatic heterocycles. The van der Waals surface area contributed by atoms with E-state index in [1.807, 2.05) is 24.3 Å². The van der Waals surface area contributed by atoms with Gasteiger partial charge in [0.25, 0.3) is 0 Å². The highest BCUT2D eigenvalue weighted by atomic mass is 35.5. The van der Waals surface area contributed by atoms with Crippen molar-refractivity contribution in [3.63, 3.8) is 0 Å². The predicted molar refractivity (Wildman–Crippen MR) is 136 cm³/mol. The molecule has 4 aromatic rings. The SMILES string of the molecule is Cc1ccc(Nc2nc(CSc3nnc(-c4ccc(Cl)cc4)n3CC3CCCO3)cs2)cc1. The van der Waals surface area contributed by atoms with Crippen LogP contribution in [-0.4, -0.2) is 32.5 Å². The summed E-state index contributed by atoms with van der Waals surface area (Å²) in [7, 11) is 0. The number of nitrogens with zero attached hydrogens (tertiary/aromatic N) is 4. The molecule has 9 heteroatoms. The van der Waals surface area contributed by atoms with Crippen LogP contribution in [0.2, 0.25) is 5.02 Å². The first-order chi connectivity index (χ1) is 16.1. The minimum Gasteiger partial charge on any atom is -0.376 e. The van der Waals surface area contributed by atoms with Gasteiger partial charge in [0, 0.05) is 34.0 Å². The van der Waals surface area contributed by atoms with Gasteiger partial charge in [-0.3, -0.25) is 4.57 Å². The normalized spacial score (nSPS) is 15.8. The third-order valence-corrected chi connectivity index (χ3v) is 7.49. The van der Waals surface area contributed by atoms with Gasteiger partial charge in [-0.15, -0.1) is 21.5 Å². The second-order valence-corrected chi connectivity index (χ2v) is 10.2. The molecule has 1 unspecified atom stereocenters. The zero-order valence-corrected chi connectivity index (χ0v) is 20.6. The van der Waals surface area contributed by atoms with E-state index in [1.54, 1.807) is 23.1 Å². The second-order valence-electron chi connectivity index (χ2n) is 7.98. The van der Waals surface area contributed by atoms with Gasteiger partial charge in [-0.1, -0.05) is 41.1 Å². The number of thioether (sulfide) groups is 1. The van der Waals surface area contributed by atoms with Gasteiger partial charge in [-0.05, 0) is 56.2 Å². The van der Waals surface area contributed by atoms with E-state index in [-0.39, 0.29) is 6.10 Å². The molecule has 3 heterocycles. The monoisotopic (exact) mass is 497 g/mol. The Morgan fingerprint density at radius 1 is 1.15 bits per heavy atom. The van der Waals surface area contributed by atoms with Crippen LogP contribution in [-0.2, 0) is 17.0 Å². The number of anilines is 2. The largest absolute Gasteiger partial charge is 0.376 e. The first-order valence-corrected chi connectivity index (χ1v) is 13.1. The van der Waals surface area contributed by atoms with Gasteiger partial charge < -0.3 is 10.1 Å². The van der Waals surface area contributed by atoms with E-state index in [2.05, 4.69) is 56.7 Å². The highest BCUT2D eigenvalue weighted by Gasteiger charge is 2.22. The zero-order valence-electron chi connectivity index (χ0n) is 18.2. The fraction of sp³-hybridized carbons (Fsp3) is 0.292. The highest BCUT2D eigenvalue weighted by molar-refractivity contribution is 7.98. The maximum atomic E-state index is 6.08. The summed E-state index contributed by atoms with van der Waals surface area (Å²) in [6.45, 7) is 3.64. The Morgan fingerprint density at radius 2 is 1.97 bits per heavy atom. The summed E-state index contributed by atoms with van der Waals surface area (Å²) in [6, 6.07) is 16.0. The summed E-state index contributed by atoms with van der Waals surface area (Å²) in [4.78, 5) is 4.74. The van der Waals surface area contributed by atoms with Crippen LogP contribution in [0.25, 0.3) is 11.4 Å². The smallest absolute Gasteiger partial charge is 0.191 e. The minimum absolute atomic E-state index is 0.191. The minimum atomic E-state index is 0.191. The molecule has 1 aliphatic heterocycles. The molecule has 2 aromatic carbocycles. The topological polar surface area (TPSA) is 64.9 Å². The molecule has 0 amide bonds. The summed E-state index contributed by atoms with van der Waals surface area (Å²) in [5.41, 5.74) is 4.29. The average Bonchev–Trinajstić information content (AvgIpc) is 3.57. The Hall–Kier alpha value is -2.39. The van der Waals surface area contributed by atoms with Crippen molar-refractivity contribution in [2.75, 3.05) is 11.9 Å². The molecule has 1 saturated heterocycles. The number of benzene rings is 2. The molecule has 0 bridgehead atoms. The van der Waals surface area contributed by atoms with Gasteiger partial charge in [0.15, 0.2) is 16.1 Å². The van der Waals surface area contributed by atoms with Crippen molar-refractivity contribution in [1.29, 1.82) is 0 Å². The Kier molecular flexibility index (Phi) is 6.96. The van der Waals surface area contributed by atoms with Gasteiger partial charge in [-0.25, -0.2) is 4.98 Å². The molecule has 170 valence electrons. The maximum absolute atomic E-state index is 6.08. The summed E-state index contributed by atoms with van der Waals surface area (Å²) < 4.78 is 8.06. The number of hydrogen-bond donors (Lipinski definition) is 1. The molecule has 33 heavy (non-hydrogen) atoms. The molecule has 1 aliphatic rings. The van der Waals surface area contributed by atoms with Crippen molar-refractivity contribution in [2.45, 2.75) is 43.3 Å². The number of aryl methyl sites for hydroxylation is 1. The van der Waals surface area contributed by atoms with Gasteiger partial charge in [0.05, 0.1) is 18.3 Å². The Labute approximate surface area is 206 Å². The van der Waals surface area contributed by atoms with Crippen molar-refractivity contribution >= 4 is 45.5 Å². The molecule has 0 saturated carbocycles. The van der Waals surface area contributed by atoms with Gasteiger partial charge in [-0.2, -0.15) is 0 Å². The summed E-state index contributed by atoms with van der Waals surface area (Å²) in [5.74, 6) is 1.56. The first-order valence-electron chi connectivity index (χ1n) is 10.9. The predicted octanol–water partition coefficient (Wildman–Crippen LogP) is 6.58. The van der Waals surface area contributed by atoms with E-state index in [1.165, 1.54) is 5.56 Å². The quantitative estimate of drug-likeness (QED) is 0.277. The van der Waals surface area contributed by atoms with E-state index >= 15 is 0 Å². The van der Waals surface area contributed by atoms with E-state index in [9.17, 15) is 0 Å². The number of aromatic nitrogens is 4. The number of rotatable bonds is 8. The second kappa shape index (κ2) is 10.3. The average molecular weight is 498 g/mol. The Bertz CT molecular complexity index is 1200. The van der Waals surface area contributed by atoms with Crippen LogP contribution in [0.5, 0.6) is 0 Å². The van der Waals surface area contributed by atoms with Crippen LogP contribution in [0.4, 0.5) is 10.8 Å². The molecule has 1 atom stereocenters. The molecule has 6 nitrogen and oxygen atoms in total. The number of ether oxygens (including phenoxy) is 1. The third kappa shape index (κ3) is 5.58. The van der Waals surface area contributed by atoms with Gasteiger partial charge >= 0.3 is 0 Å². The third-order valence-electron chi connectivity index (χ3n) is 5.43. The molecule has 0 aliphatic carbocycles. The summed E-state index contributed by atoms with van der Waals surface area (Å²) >= 11 is 9.34. The Balaban J connectivity index is 1.31. The van der Waals surface area contributed by atoms with Crippen LogP contribution in [0.3, 0.4) is 0 Å². The lowest BCUT2D eigenvalue weighted by molar-refractivity contribution is 0.0953. The van der Waals surface area contributed by atoms with Crippen LogP contribution in [0, 0.1) is 6.92 Å². The van der Waals surface area contributed by atoms with Crippen LogP contribution in [0.1, 0.15) is 24.1 Å². The molecule has 1 fully saturated rings. The number of hydrogen-bond acceptors (Lipinski definition) is 7. The number of nitrogens with one attached hydrogen (secondary N) is 1. The first kappa shape index (κ1) is 22.4. The molecular formula is C24H24ClN5OS2. The van der Waals surface area contributed by atoms with Crippen LogP contribution < -0.4 is 5.32 Å². The fourth-order valence-corrected chi connectivity index (χ4v) is 5.50. The van der Waals surface area contributed by atoms with E-state index < -0.39 is 0 Å². The molecule has 0 spiro atoms.